The van der Waals surface area contributed by atoms with Gasteiger partial charge in [-0.05, 0) is 43.3 Å². The molecule has 0 atom stereocenters. The average Bonchev–Trinajstić information content (AvgIpc) is 2.39. The summed E-state index contributed by atoms with van der Waals surface area (Å²) in [6.45, 7) is 2.10. The van der Waals surface area contributed by atoms with Crippen LogP contribution in [0.4, 0.5) is 17.1 Å². The van der Waals surface area contributed by atoms with Gasteiger partial charge in [-0.2, -0.15) is 0 Å². The topological polar surface area (TPSA) is 15.3 Å². The van der Waals surface area contributed by atoms with Crippen LogP contribution in [0.1, 0.15) is 5.56 Å². The second kappa shape index (κ2) is 4.91. The van der Waals surface area contributed by atoms with Gasteiger partial charge in [0.25, 0.3) is 0 Å². The fourth-order valence-corrected chi connectivity index (χ4v) is 1.77. The summed E-state index contributed by atoms with van der Waals surface area (Å²) in [7, 11) is 4.01. The number of nitrogens with zero attached hydrogens (tertiary/aromatic N) is 1. The Morgan fingerprint density at radius 2 is 1.29 bits per heavy atom. The molecular weight excluding hydrogens is 208 g/mol. The van der Waals surface area contributed by atoms with Gasteiger partial charge in [0, 0.05) is 31.2 Å². The van der Waals surface area contributed by atoms with Crippen LogP contribution in [0, 0.1) is 6.92 Å². The first-order chi connectivity index (χ1) is 8.20. The quantitative estimate of drug-likeness (QED) is 0.856. The van der Waals surface area contributed by atoms with Crippen LogP contribution in [-0.2, 0) is 0 Å². The van der Waals surface area contributed by atoms with Crippen molar-refractivity contribution in [3.8, 4) is 0 Å². The van der Waals surface area contributed by atoms with E-state index in [1.807, 2.05) is 7.05 Å². The Morgan fingerprint density at radius 3 is 1.76 bits per heavy atom. The van der Waals surface area contributed by atoms with E-state index in [9.17, 15) is 0 Å². The fourth-order valence-electron chi connectivity index (χ4n) is 1.77. The van der Waals surface area contributed by atoms with E-state index in [4.69, 9.17) is 0 Å². The van der Waals surface area contributed by atoms with E-state index in [1.54, 1.807) is 0 Å². The second-order valence-electron chi connectivity index (χ2n) is 4.19. The summed E-state index contributed by atoms with van der Waals surface area (Å²) in [6.07, 6.45) is 0. The lowest BCUT2D eigenvalue weighted by Gasteiger charge is -2.20. The number of hydrogen-bond acceptors (Lipinski definition) is 2. The smallest absolute Gasteiger partial charge is 0.0409 e. The molecule has 0 aliphatic carbocycles. The Hall–Kier alpha value is -1.96. The first-order valence-electron chi connectivity index (χ1n) is 5.79. The Balaban J connectivity index is 2.23. The zero-order valence-corrected chi connectivity index (χ0v) is 10.6. The molecule has 0 spiro atoms. The van der Waals surface area contributed by atoms with Crippen molar-refractivity contribution in [3.63, 3.8) is 0 Å². The highest BCUT2D eigenvalue weighted by Gasteiger charge is 2.02. The van der Waals surface area contributed by atoms with Gasteiger partial charge in [0.1, 0.15) is 0 Å². The molecule has 2 rings (SSSR count). The van der Waals surface area contributed by atoms with Gasteiger partial charge in [-0.1, -0.05) is 17.7 Å². The summed E-state index contributed by atoms with van der Waals surface area (Å²) in [4.78, 5) is 2.18. The van der Waals surface area contributed by atoms with Crippen LogP contribution in [0.15, 0.2) is 48.5 Å². The highest BCUT2D eigenvalue weighted by Crippen LogP contribution is 2.24. The molecule has 2 heteroatoms. The molecule has 0 saturated carbocycles. The normalized spacial score (nSPS) is 10.1. The largest absolute Gasteiger partial charge is 0.388 e. The van der Waals surface area contributed by atoms with Crippen LogP contribution in [0.2, 0.25) is 0 Å². The molecule has 0 aliphatic rings. The zero-order valence-electron chi connectivity index (χ0n) is 10.6. The molecule has 88 valence electrons. The monoisotopic (exact) mass is 226 g/mol. The van der Waals surface area contributed by atoms with Crippen LogP contribution in [0.25, 0.3) is 0 Å². The summed E-state index contributed by atoms with van der Waals surface area (Å²) < 4.78 is 0. The number of hydrogen-bond donors (Lipinski definition) is 1. The van der Waals surface area contributed by atoms with Gasteiger partial charge in [0.05, 0.1) is 0 Å². The molecule has 0 bridgehead atoms. The lowest BCUT2D eigenvalue weighted by Crippen LogP contribution is -2.09. The predicted octanol–water partition coefficient (Wildman–Crippen LogP) is 3.80. The molecule has 0 fully saturated rings. The maximum atomic E-state index is 3.12. The van der Waals surface area contributed by atoms with E-state index < -0.39 is 0 Å². The standard InChI is InChI=1S/C15H18N2/c1-12-4-8-14(9-5-12)17(3)15-10-6-13(16-2)7-11-15/h4-11,16H,1-3H3. The predicted molar refractivity (Wildman–Crippen MR) is 75.2 cm³/mol. The Bertz CT molecular complexity index is 471. The van der Waals surface area contributed by atoms with E-state index in [2.05, 4.69) is 72.7 Å². The minimum absolute atomic E-state index is 1.13. The molecule has 0 saturated heterocycles. The third-order valence-electron chi connectivity index (χ3n) is 2.96. The fraction of sp³-hybridized carbons (Fsp3) is 0.200. The molecule has 0 unspecified atom stereocenters. The Morgan fingerprint density at radius 1 is 0.824 bits per heavy atom. The van der Waals surface area contributed by atoms with Gasteiger partial charge in [-0.3, -0.25) is 0 Å². The van der Waals surface area contributed by atoms with Crippen LogP contribution in [0.3, 0.4) is 0 Å². The van der Waals surface area contributed by atoms with Crippen molar-refractivity contribution in [1.82, 2.24) is 0 Å². The van der Waals surface area contributed by atoms with E-state index in [0.29, 0.717) is 0 Å². The number of nitrogens with one attached hydrogen (secondary N) is 1. The maximum absolute atomic E-state index is 3.12. The van der Waals surface area contributed by atoms with Crippen molar-refractivity contribution < 1.29 is 0 Å². The molecule has 2 aromatic carbocycles. The van der Waals surface area contributed by atoms with Crippen molar-refractivity contribution >= 4 is 17.1 Å². The zero-order chi connectivity index (χ0) is 12.3. The summed E-state index contributed by atoms with van der Waals surface area (Å²) in [6, 6.07) is 16.9. The van der Waals surface area contributed by atoms with Crippen molar-refractivity contribution in [3.05, 3.63) is 54.1 Å². The molecule has 0 aliphatic heterocycles. The molecule has 1 N–H and O–H groups in total. The number of anilines is 3. The van der Waals surface area contributed by atoms with Crippen molar-refractivity contribution in [2.75, 3.05) is 24.3 Å². The summed E-state index contributed by atoms with van der Waals surface area (Å²) in [5, 5.41) is 3.12. The minimum Gasteiger partial charge on any atom is -0.388 e. The van der Waals surface area contributed by atoms with Crippen LogP contribution in [-0.4, -0.2) is 14.1 Å². The Kier molecular flexibility index (Phi) is 3.33. The molecule has 0 heterocycles. The molecule has 0 radical (unpaired) electrons. The van der Waals surface area contributed by atoms with Gasteiger partial charge >= 0.3 is 0 Å². The van der Waals surface area contributed by atoms with Crippen LogP contribution < -0.4 is 10.2 Å². The number of aryl methyl sites for hydroxylation is 1. The number of rotatable bonds is 3. The maximum Gasteiger partial charge on any atom is 0.0409 e. The van der Waals surface area contributed by atoms with E-state index >= 15 is 0 Å². The summed E-state index contributed by atoms with van der Waals surface area (Å²) in [5.74, 6) is 0. The minimum atomic E-state index is 1.13. The van der Waals surface area contributed by atoms with Gasteiger partial charge in [-0.25, -0.2) is 0 Å². The molecule has 0 aromatic heterocycles. The highest BCUT2D eigenvalue weighted by molar-refractivity contribution is 5.64. The van der Waals surface area contributed by atoms with Crippen LogP contribution >= 0.6 is 0 Å². The Labute approximate surface area is 103 Å². The van der Waals surface area contributed by atoms with Crippen molar-refractivity contribution in [2.24, 2.45) is 0 Å². The highest BCUT2D eigenvalue weighted by atomic mass is 15.1. The molecular formula is C15H18N2. The lowest BCUT2D eigenvalue weighted by atomic mass is 10.2. The molecule has 2 aromatic rings. The van der Waals surface area contributed by atoms with Crippen molar-refractivity contribution in [2.45, 2.75) is 6.92 Å². The SMILES string of the molecule is CNc1ccc(N(C)c2ccc(C)cc2)cc1. The van der Waals surface area contributed by atoms with Gasteiger partial charge in [0.2, 0.25) is 0 Å². The third kappa shape index (κ3) is 2.59. The van der Waals surface area contributed by atoms with Gasteiger partial charge in [-0.15, -0.1) is 0 Å². The van der Waals surface area contributed by atoms with Gasteiger partial charge < -0.3 is 10.2 Å². The lowest BCUT2D eigenvalue weighted by molar-refractivity contribution is 1.20. The molecule has 17 heavy (non-hydrogen) atoms. The third-order valence-corrected chi connectivity index (χ3v) is 2.96. The average molecular weight is 226 g/mol. The van der Waals surface area contributed by atoms with E-state index in [0.717, 1.165) is 5.69 Å². The first kappa shape index (κ1) is 11.5. The van der Waals surface area contributed by atoms with E-state index in [1.165, 1.54) is 16.9 Å². The number of benzene rings is 2. The van der Waals surface area contributed by atoms with Gasteiger partial charge in [0.15, 0.2) is 0 Å². The molecule has 2 nitrogen and oxygen atoms in total. The summed E-state index contributed by atoms with van der Waals surface area (Å²) in [5.41, 5.74) is 4.80. The van der Waals surface area contributed by atoms with Crippen molar-refractivity contribution in [1.29, 1.82) is 0 Å². The molecule has 0 amide bonds. The van der Waals surface area contributed by atoms with E-state index in [-0.39, 0.29) is 0 Å². The summed E-state index contributed by atoms with van der Waals surface area (Å²) >= 11 is 0. The van der Waals surface area contributed by atoms with Crippen LogP contribution in [0.5, 0.6) is 0 Å². The second-order valence-corrected chi connectivity index (χ2v) is 4.19. The first-order valence-corrected chi connectivity index (χ1v) is 5.79.